The molecule has 7 rings (SSSR count). The van der Waals surface area contributed by atoms with Crippen LogP contribution in [0.4, 0.5) is 11.4 Å². The Bertz CT molecular complexity index is 2590. The van der Waals surface area contributed by atoms with Gasteiger partial charge in [0.2, 0.25) is 0 Å². The number of aliphatic imine (C=N–C) groups is 2. The number of carbonyl (C=O) groups excluding carboxylic acids is 2. The highest BCUT2D eigenvalue weighted by atomic mass is 16.5. The largest absolute Gasteiger partial charge is 0.494 e. The van der Waals surface area contributed by atoms with Gasteiger partial charge in [0.25, 0.3) is 0 Å². The minimum Gasteiger partial charge on any atom is -0.494 e. The zero-order valence-electron chi connectivity index (χ0n) is 42.8. The molecule has 0 amide bonds. The lowest BCUT2D eigenvalue weighted by molar-refractivity contribution is 0.0725. The van der Waals surface area contributed by atoms with Crippen LogP contribution < -0.4 is 28.4 Å². The van der Waals surface area contributed by atoms with Crippen molar-refractivity contribution in [3.63, 3.8) is 0 Å². The third-order valence-corrected chi connectivity index (χ3v) is 12.1. The molecular weight excluding hydrogens is 925 g/mol. The van der Waals surface area contributed by atoms with Crippen molar-refractivity contribution in [3.05, 3.63) is 192 Å². The fourth-order valence-electron chi connectivity index (χ4n) is 7.80. The van der Waals surface area contributed by atoms with E-state index >= 15 is 0 Å². The van der Waals surface area contributed by atoms with E-state index in [1.165, 1.54) is 77.0 Å². The maximum Gasteiger partial charge on any atom is 0.343 e. The number of hydrogen-bond donors (Lipinski definition) is 0. The normalized spacial score (nSPS) is 11.2. The molecule has 10 nitrogen and oxygen atoms in total. The second-order valence-electron chi connectivity index (χ2n) is 18.1. The van der Waals surface area contributed by atoms with Gasteiger partial charge in [0.1, 0.15) is 46.0 Å². The van der Waals surface area contributed by atoms with E-state index in [2.05, 4.69) is 23.8 Å². The van der Waals surface area contributed by atoms with Crippen LogP contribution in [0.1, 0.15) is 136 Å². The van der Waals surface area contributed by atoms with E-state index in [-0.39, 0.29) is 0 Å². The molecule has 74 heavy (non-hydrogen) atoms. The highest BCUT2D eigenvalue weighted by Crippen LogP contribution is 2.29. The predicted octanol–water partition coefficient (Wildman–Crippen LogP) is 17.5. The summed E-state index contributed by atoms with van der Waals surface area (Å²) >= 11 is 0. The van der Waals surface area contributed by atoms with E-state index < -0.39 is 11.9 Å². The second-order valence-corrected chi connectivity index (χ2v) is 18.1. The molecule has 0 bridgehead atoms. The average molecular weight is 993 g/mol. The van der Waals surface area contributed by atoms with Gasteiger partial charge in [-0.2, -0.15) is 0 Å². The molecule has 7 aromatic carbocycles. The topological polar surface area (TPSA) is 114 Å². The molecule has 0 saturated carbocycles. The van der Waals surface area contributed by atoms with Crippen LogP contribution >= 0.6 is 0 Å². The fraction of sp³-hybridized carbons (Fsp3) is 0.281. The number of carbonyl (C=O) groups is 2. The molecule has 0 spiro atoms. The van der Waals surface area contributed by atoms with Crippen LogP contribution in [0.25, 0.3) is 0 Å². The van der Waals surface area contributed by atoms with E-state index in [9.17, 15) is 9.59 Å². The van der Waals surface area contributed by atoms with Gasteiger partial charge >= 0.3 is 11.9 Å². The van der Waals surface area contributed by atoms with E-state index in [0.717, 1.165) is 46.8 Å². The Labute approximate surface area is 437 Å². The standard InChI is InChI=1S/C64H68N2O8/c1-3-5-7-9-11-13-15-45-69-55-33-21-51(22-34-55)63(67)73-61-29-17-49(18-30-61)47-65-53-25-37-57(38-26-53)71-59-41-43-60(44-42-59)72-58-39-27-54(28-40-58)66-48-50-19-31-62(32-20-50)74-64(68)52-23-35-56(36-24-52)70-46-16-14-12-10-8-6-4-2/h17-44,47-48H,3-16,45-46H2,1-2H3. The maximum atomic E-state index is 12.8. The lowest BCUT2D eigenvalue weighted by Gasteiger charge is -2.09. The van der Waals surface area contributed by atoms with E-state index in [0.29, 0.717) is 58.8 Å². The lowest BCUT2D eigenvalue weighted by atomic mass is 10.1. The van der Waals surface area contributed by atoms with Crippen molar-refractivity contribution in [2.45, 2.75) is 104 Å². The van der Waals surface area contributed by atoms with Gasteiger partial charge < -0.3 is 28.4 Å². The van der Waals surface area contributed by atoms with Crippen molar-refractivity contribution in [1.29, 1.82) is 0 Å². The van der Waals surface area contributed by atoms with Crippen molar-refractivity contribution >= 4 is 35.7 Å². The van der Waals surface area contributed by atoms with Gasteiger partial charge in [-0.3, -0.25) is 9.98 Å². The number of esters is 2. The van der Waals surface area contributed by atoms with Crippen LogP contribution in [0.2, 0.25) is 0 Å². The van der Waals surface area contributed by atoms with E-state index in [1.807, 2.05) is 121 Å². The summed E-state index contributed by atoms with van der Waals surface area (Å²) in [6.45, 7) is 5.82. The molecule has 0 N–H and O–H groups in total. The minimum atomic E-state index is -0.427. The average Bonchev–Trinajstić information content (AvgIpc) is 3.43. The highest BCUT2D eigenvalue weighted by molar-refractivity contribution is 5.92. The summed E-state index contributed by atoms with van der Waals surface area (Å²) in [6.07, 6.45) is 20.8. The molecule has 0 unspecified atom stereocenters. The number of hydrogen-bond acceptors (Lipinski definition) is 10. The molecule has 0 aliphatic carbocycles. The Morgan fingerprint density at radius 1 is 0.338 bits per heavy atom. The first-order valence-corrected chi connectivity index (χ1v) is 26.2. The molecule has 0 aliphatic rings. The molecule has 10 heteroatoms. The van der Waals surface area contributed by atoms with Crippen molar-refractivity contribution in [2.75, 3.05) is 13.2 Å². The Morgan fingerprint density at radius 2 is 0.622 bits per heavy atom. The molecule has 0 aromatic heterocycles. The van der Waals surface area contributed by atoms with Gasteiger partial charge in [-0.15, -0.1) is 0 Å². The minimum absolute atomic E-state index is 0.427. The molecule has 0 radical (unpaired) electrons. The zero-order valence-corrected chi connectivity index (χ0v) is 42.8. The number of benzene rings is 7. The van der Waals surface area contributed by atoms with Crippen LogP contribution in [0.5, 0.6) is 46.0 Å². The molecule has 7 aromatic rings. The van der Waals surface area contributed by atoms with Crippen LogP contribution in [-0.4, -0.2) is 37.6 Å². The first-order valence-electron chi connectivity index (χ1n) is 26.2. The summed E-state index contributed by atoms with van der Waals surface area (Å²) in [5, 5.41) is 0. The predicted molar refractivity (Wildman–Crippen MR) is 297 cm³/mol. The summed E-state index contributed by atoms with van der Waals surface area (Å²) in [7, 11) is 0. The van der Waals surface area contributed by atoms with Gasteiger partial charge in [-0.05, 0) is 194 Å². The zero-order chi connectivity index (χ0) is 51.4. The molecular formula is C64H68N2O8. The fourth-order valence-corrected chi connectivity index (χ4v) is 7.80. The smallest absolute Gasteiger partial charge is 0.343 e. The highest BCUT2D eigenvalue weighted by Gasteiger charge is 2.11. The first kappa shape index (κ1) is 53.8. The number of unbranched alkanes of at least 4 members (excludes halogenated alkanes) is 12. The van der Waals surface area contributed by atoms with Gasteiger partial charge in [0.15, 0.2) is 0 Å². The SMILES string of the molecule is CCCCCCCCCOc1ccc(C(=O)Oc2ccc(C=Nc3ccc(Oc4ccc(Oc5ccc(N=Cc6ccc(OC(=O)c7ccc(OCCCCCCCCC)cc7)cc6)cc5)cc4)cc3)cc2)cc1. The van der Waals surface area contributed by atoms with Gasteiger partial charge in [-0.25, -0.2) is 9.59 Å². The van der Waals surface area contributed by atoms with Crippen molar-refractivity contribution in [2.24, 2.45) is 9.98 Å². The molecule has 382 valence electrons. The van der Waals surface area contributed by atoms with Crippen LogP contribution in [0.3, 0.4) is 0 Å². The third-order valence-electron chi connectivity index (χ3n) is 12.1. The number of rotatable bonds is 30. The summed E-state index contributed by atoms with van der Waals surface area (Å²) in [6, 6.07) is 50.9. The van der Waals surface area contributed by atoms with E-state index in [1.54, 1.807) is 61.0 Å². The van der Waals surface area contributed by atoms with Gasteiger partial charge in [0.05, 0.1) is 35.7 Å². The summed E-state index contributed by atoms with van der Waals surface area (Å²) in [5.74, 6) is 4.21. The molecule has 0 atom stereocenters. The van der Waals surface area contributed by atoms with Gasteiger partial charge in [-0.1, -0.05) is 90.9 Å². The van der Waals surface area contributed by atoms with Crippen LogP contribution in [0.15, 0.2) is 180 Å². The molecule has 0 saturated heterocycles. The Hall–Kier alpha value is -7.98. The maximum absolute atomic E-state index is 12.8. The van der Waals surface area contributed by atoms with Crippen molar-refractivity contribution < 1.29 is 38.0 Å². The van der Waals surface area contributed by atoms with Gasteiger partial charge in [0, 0.05) is 12.4 Å². The molecule has 0 heterocycles. The third kappa shape index (κ3) is 18.9. The Balaban J connectivity index is 0.780. The van der Waals surface area contributed by atoms with Crippen LogP contribution in [-0.2, 0) is 0 Å². The summed E-state index contributed by atoms with van der Waals surface area (Å²) < 4.78 is 35.1. The summed E-state index contributed by atoms with van der Waals surface area (Å²) in [5.41, 5.74) is 4.16. The van der Waals surface area contributed by atoms with E-state index in [4.69, 9.17) is 28.4 Å². The first-order chi connectivity index (χ1) is 36.4. The Morgan fingerprint density at radius 3 is 0.959 bits per heavy atom. The van der Waals surface area contributed by atoms with Crippen molar-refractivity contribution in [1.82, 2.24) is 0 Å². The van der Waals surface area contributed by atoms with Crippen molar-refractivity contribution in [3.8, 4) is 46.0 Å². The molecule has 0 aliphatic heterocycles. The quantitative estimate of drug-likeness (QED) is 0.0189. The summed E-state index contributed by atoms with van der Waals surface area (Å²) in [4.78, 5) is 34.7. The molecule has 0 fully saturated rings. The second kappa shape index (κ2) is 30.1. The Kier molecular flexibility index (Phi) is 21.9. The lowest BCUT2D eigenvalue weighted by Crippen LogP contribution is -2.08. The number of ether oxygens (including phenoxy) is 6. The number of nitrogens with zero attached hydrogens (tertiary/aromatic N) is 2. The van der Waals surface area contributed by atoms with Crippen LogP contribution in [0, 0.1) is 0 Å². The monoisotopic (exact) mass is 992 g/mol.